The molecule has 6 heteroatoms. The van der Waals surface area contributed by atoms with Crippen LogP contribution in [0.5, 0.6) is 0 Å². The van der Waals surface area contributed by atoms with E-state index >= 15 is 0 Å². The van der Waals surface area contributed by atoms with Gasteiger partial charge in [-0.15, -0.1) is 0 Å². The molecule has 1 fully saturated rings. The van der Waals surface area contributed by atoms with E-state index in [-0.39, 0.29) is 5.69 Å². The third-order valence-electron chi connectivity index (χ3n) is 5.47. The highest BCUT2D eigenvalue weighted by atomic mass is 19.2. The van der Waals surface area contributed by atoms with E-state index in [1.165, 1.54) is 38.2 Å². The molecular formula is C21H23F2N3O. The number of hydrogen-bond donors (Lipinski definition) is 2. The fourth-order valence-electron chi connectivity index (χ4n) is 3.99. The first kappa shape index (κ1) is 17.8. The Hall–Kier alpha value is -2.63. The topological polar surface area (TPSA) is 49.8 Å². The van der Waals surface area contributed by atoms with Crippen molar-refractivity contribution in [3.63, 3.8) is 0 Å². The van der Waals surface area contributed by atoms with Gasteiger partial charge in [-0.1, -0.05) is 32.1 Å². The molecule has 1 aromatic heterocycles. The molecule has 2 N–H and O–H groups in total. The van der Waals surface area contributed by atoms with Crippen LogP contribution in [0.25, 0.3) is 11.0 Å². The van der Waals surface area contributed by atoms with Crippen molar-refractivity contribution in [3.8, 4) is 0 Å². The van der Waals surface area contributed by atoms with Crippen LogP contribution >= 0.6 is 0 Å². The number of aromatic nitrogens is 2. The van der Waals surface area contributed by atoms with Crippen LogP contribution in [0.1, 0.15) is 38.5 Å². The van der Waals surface area contributed by atoms with Crippen molar-refractivity contribution in [1.82, 2.24) is 9.55 Å². The highest BCUT2D eigenvalue weighted by Gasteiger charge is 2.15. The second kappa shape index (κ2) is 7.55. The van der Waals surface area contributed by atoms with Crippen molar-refractivity contribution in [2.45, 2.75) is 45.1 Å². The summed E-state index contributed by atoms with van der Waals surface area (Å²) < 4.78 is 28.2. The minimum absolute atomic E-state index is 0.106. The lowest BCUT2D eigenvalue weighted by Crippen LogP contribution is -2.19. The van der Waals surface area contributed by atoms with E-state index < -0.39 is 11.6 Å². The number of rotatable bonds is 5. The Labute approximate surface area is 156 Å². The first-order chi connectivity index (χ1) is 13.1. The summed E-state index contributed by atoms with van der Waals surface area (Å²) in [5.41, 5.74) is 2.65. The molecule has 0 bridgehead atoms. The first-order valence-corrected chi connectivity index (χ1v) is 9.55. The first-order valence-electron chi connectivity index (χ1n) is 9.55. The minimum atomic E-state index is -0.900. The predicted octanol–water partition coefficient (Wildman–Crippen LogP) is 5.32. The number of aromatic amines is 1. The van der Waals surface area contributed by atoms with Gasteiger partial charge in [0.1, 0.15) is 0 Å². The molecule has 1 heterocycles. The Kier molecular flexibility index (Phi) is 4.97. The Morgan fingerprint density at radius 2 is 1.74 bits per heavy atom. The van der Waals surface area contributed by atoms with Crippen molar-refractivity contribution in [2.75, 3.05) is 5.32 Å². The van der Waals surface area contributed by atoms with Crippen LogP contribution in [0.15, 0.2) is 41.2 Å². The molecule has 0 spiro atoms. The number of H-pyrrole nitrogens is 1. The second-order valence-corrected chi connectivity index (χ2v) is 7.36. The third-order valence-corrected chi connectivity index (χ3v) is 5.47. The van der Waals surface area contributed by atoms with Gasteiger partial charge in [-0.2, -0.15) is 0 Å². The van der Waals surface area contributed by atoms with Gasteiger partial charge in [0.15, 0.2) is 11.6 Å². The van der Waals surface area contributed by atoms with E-state index in [1.807, 2.05) is 18.2 Å². The van der Waals surface area contributed by atoms with Crippen LogP contribution in [-0.2, 0) is 6.54 Å². The van der Waals surface area contributed by atoms with Crippen LogP contribution in [0.2, 0.25) is 0 Å². The monoisotopic (exact) mass is 371 g/mol. The molecule has 3 aromatic rings. The van der Waals surface area contributed by atoms with Gasteiger partial charge < -0.3 is 10.3 Å². The largest absolute Gasteiger partial charge is 0.355 e. The van der Waals surface area contributed by atoms with Crippen molar-refractivity contribution in [3.05, 3.63) is 58.5 Å². The quantitative estimate of drug-likeness (QED) is 0.637. The number of nitrogens with zero attached hydrogens (tertiary/aromatic N) is 1. The van der Waals surface area contributed by atoms with Crippen LogP contribution in [0.4, 0.5) is 20.2 Å². The lowest BCUT2D eigenvalue weighted by Gasteiger charge is -2.21. The number of imidazole rings is 1. The average Bonchev–Trinajstić information content (AvgIpc) is 2.98. The molecule has 2 aromatic carbocycles. The molecule has 142 valence electrons. The van der Waals surface area contributed by atoms with Crippen molar-refractivity contribution in [1.29, 1.82) is 0 Å². The summed E-state index contributed by atoms with van der Waals surface area (Å²) in [5, 5.41) is 3.04. The Bertz CT molecular complexity index is 1000. The number of aryl methyl sites for hydroxylation is 1. The summed E-state index contributed by atoms with van der Waals surface area (Å²) >= 11 is 0. The summed E-state index contributed by atoms with van der Waals surface area (Å²) in [4.78, 5) is 15.3. The number of nitrogens with one attached hydrogen (secondary N) is 2. The van der Waals surface area contributed by atoms with E-state index in [4.69, 9.17) is 0 Å². The van der Waals surface area contributed by atoms with E-state index in [2.05, 4.69) is 10.3 Å². The van der Waals surface area contributed by atoms with E-state index in [9.17, 15) is 13.6 Å². The third kappa shape index (κ3) is 3.89. The maximum atomic E-state index is 13.4. The molecule has 1 aliphatic carbocycles. The molecule has 4 nitrogen and oxygen atoms in total. The fraction of sp³-hybridized carbons (Fsp3) is 0.381. The maximum Gasteiger partial charge on any atom is 0.326 e. The van der Waals surface area contributed by atoms with Crippen molar-refractivity contribution >= 4 is 22.4 Å². The molecule has 1 aliphatic rings. The maximum absolute atomic E-state index is 13.4. The molecule has 0 saturated heterocycles. The Balaban J connectivity index is 1.52. The zero-order valence-electron chi connectivity index (χ0n) is 15.1. The number of hydrogen-bond acceptors (Lipinski definition) is 2. The highest BCUT2D eigenvalue weighted by Crippen LogP contribution is 2.27. The molecule has 0 radical (unpaired) electrons. The van der Waals surface area contributed by atoms with E-state index in [0.717, 1.165) is 36.1 Å². The van der Waals surface area contributed by atoms with E-state index in [0.29, 0.717) is 17.3 Å². The molecular weight excluding hydrogens is 348 g/mol. The number of benzene rings is 2. The Morgan fingerprint density at radius 3 is 2.52 bits per heavy atom. The van der Waals surface area contributed by atoms with Crippen LogP contribution in [-0.4, -0.2) is 9.55 Å². The van der Waals surface area contributed by atoms with Crippen molar-refractivity contribution < 1.29 is 8.78 Å². The zero-order valence-corrected chi connectivity index (χ0v) is 15.1. The van der Waals surface area contributed by atoms with Gasteiger partial charge >= 0.3 is 5.69 Å². The van der Waals surface area contributed by atoms with Crippen LogP contribution in [0, 0.1) is 17.6 Å². The van der Waals surface area contributed by atoms with Gasteiger partial charge in [0.25, 0.3) is 0 Å². The van der Waals surface area contributed by atoms with Gasteiger partial charge in [0.2, 0.25) is 0 Å². The molecule has 4 rings (SSSR count). The summed E-state index contributed by atoms with van der Waals surface area (Å²) in [6.45, 7) is 0.722. The molecule has 1 saturated carbocycles. The van der Waals surface area contributed by atoms with Crippen LogP contribution < -0.4 is 11.0 Å². The van der Waals surface area contributed by atoms with Crippen molar-refractivity contribution in [2.24, 2.45) is 5.92 Å². The summed E-state index contributed by atoms with van der Waals surface area (Å²) in [7, 11) is 0. The Morgan fingerprint density at radius 1 is 1.00 bits per heavy atom. The summed E-state index contributed by atoms with van der Waals surface area (Å²) in [6, 6.07) is 9.21. The van der Waals surface area contributed by atoms with E-state index in [1.54, 1.807) is 4.57 Å². The highest BCUT2D eigenvalue weighted by molar-refractivity contribution is 5.80. The normalized spacial score (nSPS) is 15.3. The number of halogens is 2. The predicted molar refractivity (Wildman–Crippen MR) is 103 cm³/mol. The zero-order chi connectivity index (χ0) is 18.8. The molecule has 0 unspecified atom stereocenters. The standard InChI is InChI=1S/C21H23F2N3O/c22-17-8-6-15(12-18(17)23)24-16-7-9-20-19(13-16)25-21(27)26(20)11-10-14-4-2-1-3-5-14/h6-9,12-14,24H,1-5,10-11H2,(H,25,27). The van der Waals surface area contributed by atoms with Gasteiger partial charge in [-0.05, 0) is 42.7 Å². The van der Waals surface area contributed by atoms with Gasteiger partial charge in [0, 0.05) is 24.0 Å². The molecule has 0 atom stereocenters. The molecule has 0 aliphatic heterocycles. The lowest BCUT2D eigenvalue weighted by atomic mass is 9.87. The number of anilines is 2. The molecule has 0 amide bonds. The van der Waals surface area contributed by atoms with Gasteiger partial charge in [-0.25, -0.2) is 13.6 Å². The second-order valence-electron chi connectivity index (χ2n) is 7.36. The smallest absolute Gasteiger partial charge is 0.326 e. The summed E-state index contributed by atoms with van der Waals surface area (Å²) in [5.74, 6) is -1.07. The summed E-state index contributed by atoms with van der Waals surface area (Å²) in [6.07, 6.45) is 7.48. The SMILES string of the molecule is O=c1[nH]c2cc(Nc3ccc(F)c(F)c3)ccc2n1CCC1CCCCC1. The number of fused-ring (bicyclic) bond motifs is 1. The van der Waals surface area contributed by atoms with Crippen LogP contribution in [0.3, 0.4) is 0 Å². The molecule has 27 heavy (non-hydrogen) atoms. The van der Waals surface area contributed by atoms with Gasteiger partial charge in [0.05, 0.1) is 11.0 Å². The van der Waals surface area contributed by atoms with Gasteiger partial charge in [-0.3, -0.25) is 4.57 Å². The fourth-order valence-corrected chi connectivity index (χ4v) is 3.99. The minimum Gasteiger partial charge on any atom is -0.355 e. The lowest BCUT2D eigenvalue weighted by molar-refractivity contribution is 0.324. The average molecular weight is 371 g/mol.